The minimum atomic E-state index is 0.0118. The SMILES string of the molecule is CC1CCC2C(C1)C1C(C3CCCCC3C1C(C)(C)C1CCC(CCCCCCOC(C)(C)C)C1)N2CCCc1ccccc1. The third kappa shape index (κ3) is 7.74. The molecule has 5 fully saturated rings. The van der Waals surface area contributed by atoms with Crippen LogP contribution in [0.15, 0.2) is 30.3 Å². The third-order valence-electron chi connectivity index (χ3n) is 14.2. The van der Waals surface area contributed by atoms with Crippen LogP contribution in [-0.2, 0) is 11.2 Å². The molecule has 1 heterocycles. The van der Waals surface area contributed by atoms with Gasteiger partial charge in [0.1, 0.15) is 0 Å². The molecule has 1 aromatic rings. The predicted molar refractivity (Wildman–Crippen MR) is 191 cm³/mol. The second kappa shape index (κ2) is 14.7. The molecule has 2 heteroatoms. The van der Waals surface area contributed by atoms with Crippen molar-refractivity contribution in [3.8, 4) is 0 Å². The molecule has 10 atom stereocenters. The molecule has 5 aliphatic rings. The van der Waals surface area contributed by atoms with E-state index in [9.17, 15) is 0 Å². The molecule has 0 aromatic heterocycles. The van der Waals surface area contributed by atoms with Crippen molar-refractivity contribution in [1.82, 2.24) is 4.90 Å². The van der Waals surface area contributed by atoms with Gasteiger partial charge in [-0.3, -0.25) is 4.90 Å². The highest BCUT2D eigenvalue weighted by Crippen LogP contribution is 2.66. The van der Waals surface area contributed by atoms with Crippen LogP contribution in [0, 0.1) is 52.8 Å². The topological polar surface area (TPSA) is 12.5 Å². The molecule has 45 heavy (non-hydrogen) atoms. The first kappa shape index (κ1) is 34.0. The molecule has 0 amide bonds. The quantitative estimate of drug-likeness (QED) is 0.204. The van der Waals surface area contributed by atoms with Crippen LogP contribution in [0.2, 0.25) is 0 Å². The molecule has 1 aliphatic heterocycles. The summed E-state index contributed by atoms with van der Waals surface area (Å²) in [7, 11) is 0. The Labute approximate surface area is 279 Å². The van der Waals surface area contributed by atoms with E-state index in [0.29, 0.717) is 5.41 Å². The number of hydrogen-bond donors (Lipinski definition) is 0. The van der Waals surface area contributed by atoms with Gasteiger partial charge in [0.15, 0.2) is 0 Å². The van der Waals surface area contributed by atoms with Crippen LogP contribution in [0.25, 0.3) is 0 Å². The van der Waals surface area contributed by atoms with Gasteiger partial charge >= 0.3 is 0 Å². The lowest BCUT2D eigenvalue weighted by atomic mass is 9.57. The number of benzene rings is 1. The molecule has 0 N–H and O–H groups in total. The minimum Gasteiger partial charge on any atom is -0.376 e. The summed E-state index contributed by atoms with van der Waals surface area (Å²) in [6.07, 6.45) is 24.5. The summed E-state index contributed by atoms with van der Waals surface area (Å²) in [6.45, 7) is 17.0. The highest BCUT2D eigenvalue weighted by atomic mass is 16.5. The van der Waals surface area contributed by atoms with Crippen LogP contribution < -0.4 is 0 Å². The number of aryl methyl sites for hydroxylation is 1. The Kier molecular flexibility index (Phi) is 11.1. The number of likely N-dealkylation sites (tertiary alicyclic amines) is 1. The average molecular weight is 618 g/mol. The van der Waals surface area contributed by atoms with Crippen LogP contribution >= 0.6 is 0 Å². The van der Waals surface area contributed by atoms with Crippen molar-refractivity contribution < 1.29 is 4.74 Å². The molecule has 6 rings (SSSR count). The molecule has 0 spiro atoms. The Bertz CT molecular complexity index is 1040. The number of hydrogen-bond acceptors (Lipinski definition) is 2. The summed E-state index contributed by atoms with van der Waals surface area (Å²) in [6, 6.07) is 13.1. The predicted octanol–water partition coefficient (Wildman–Crippen LogP) is 11.4. The van der Waals surface area contributed by atoms with Crippen molar-refractivity contribution in [3.63, 3.8) is 0 Å². The molecule has 1 saturated heterocycles. The van der Waals surface area contributed by atoms with Crippen molar-refractivity contribution >= 4 is 0 Å². The molecule has 0 bridgehead atoms. The molecule has 2 nitrogen and oxygen atoms in total. The Morgan fingerprint density at radius 2 is 1.51 bits per heavy atom. The maximum atomic E-state index is 5.96. The molecule has 254 valence electrons. The fourth-order valence-electron chi connectivity index (χ4n) is 12.3. The van der Waals surface area contributed by atoms with Crippen molar-refractivity contribution in [1.29, 1.82) is 0 Å². The molecule has 10 unspecified atom stereocenters. The van der Waals surface area contributed by atoms with Gasteiger partial charge in [-0.25, -0.2) is 0 Å². The summed E-state index contributed by atoms with van der Waals surface area (Å²) >= 11 is 0. The number of fused-ring (bicyclic) bond motifs is 5. The van der Waals surface area contributed by atoms with Crippen LogP contribution in [-0.4, -0.2) is 35.7 Å². The minimum absolute atomic E-state index is 0.0118. The van der Waals surface area contributed by atoms with Gasteiger partial charge < -0.3 is 4.74 Å². The highest BCUT2D eigenvalue weighted by Gasteiger charge is 2.65. The summed E-state index contributed by atoms with van der Waals surface area (Å²) < 4.78 is 5.96. The highest BCUT2D eigenvalue weighted by molar-refractivity contribution is 5.17. The van der Waals surface area contributed by atoms with Gasteiger partial charge in [0.2, 0.25) is 0 Å². The lowest BCUT2D eigenvalue weighted by Crippen LogP contribution is -2.45. The maximum Gasteiger partial charge on any atom is 0.0598 e. The number of unbranched alkanes of at least 4 members (excludes halogenated alkanes) is 3. The van der Waals surface area contributed by atoms with E-state index in [4.69, 9.17) is 4.74 Å². The Morgan fingerprint density at radius 3 is 2.29 bits per heavy atom. The summed E-state index contributed by atoms with van der Waals surface area (Å²) in [5, 5.41) is 0. The van der Waals surface area contributed by atoms with Gasteiger partial charge in [-0.2, -0.15) is 0 Å². The Morgan fingerprint density at radius 1 is 0.756 bits per heavy atom. The first-order valence-corrected chi connectivity index (χ1v) is 20.1. The van der Waals surface area contributed by atoms with Crippen molar-refractivity contribution in [2.45, 2.75) is 168 Å². The zero-order chi connectivity index (χ0) is 31.6. The Balaban J connectivity index is 1.11. The molecule has 0 radical (unpaired) electrons. The van der Waals surface area contributed by atoms with E-state index in [1.165, 1.54) is 121 Å². The van der Waals surface area contributed by atoms with Crippen LogP contribution in [0.3, 0.4) is 0 Å². The van der Waals surface area contributed by atoms with E-state index in [1.54, 1.807) is 0 Å². The van der Waals surface area contributed by atoms with Crippen LogP contribution in [0.1, 0.15) is 150 Å². The Hall–Kier alpha value is -0.860. The average Bonchev–Trinajstić information content (AvgIpc) is 3.70. The molecular formula is C43H71NO. The van der Waals surface area contributed by atoms with E-state index in [1.807, 2.05) is 0 Å². The fourth-order valence-corrected chi connectivity index (χ4v) is 12.3. The summed E-state index contributed by atoms with van der Waals surface area (Å²) in [4.78, 5) is 3.20. The van der Waals surface area contributed by atoms with Gasteiger partial charge in [0.25, 0.3) is 0 Å². The number of nitrogens with zero attached hydrogens (tertiary/aromatic N) is 1. The summed E-state index contributed by atoms with van der Waals surface area (Å²) in [5.74, 6) is 7.71. The van der Waals surface area contributed by atoms with E-state index in [2.05, 4.69) is 76.8 Å². The van der Waals surface area contributed by atoms with Crippen molar-refractivity contribution in [3.05, 3.63) is 35.9 Å². The van der Waals surface area contributed by atoms with E-state index >= 15 is 0 Å². The molecule has 1 aromatic carbocycles. The van der Waals surface area contributed by atoms with Gasteiger partial charge in [-0.15, -0.1) is 0 Å². The summed E-state index contributed by atoms with van der Waals surface area (Å²) in [5.41, 5.74) is 2.04. The maximum absolute atomic E-state index is 5.96. The van der Waals surface area contributed by atoms with Gasteiger partial charge in [-0.1, -0.05) is 96.0 Å². The van der Waals surface area contributed by atoms with Crippen molar-refractivity contribution in [2.24, 2.45) is 52.8 Å². The lowest BCUT2D eigenvalue weighted by Gasteiger charge is -2.48. The number of rotatable bonds is 13. The lowest BCUT2D eigenvalue weighted by molar-refractivity contribution is -0.00478. The molecule has 4 aliphatic carbocycles. The van der Waals surface area contributed by atoms with E-state index in [-0.39, 0.29) is 5.60 Å². The van der Waals surface area contributed by atoms with Crippen LogP contribution in [0.4, 0.5) is 0 Å². The second-order valence-electron chi connectivity index (χ2n) is 18.5. The standard InChI is InChI=1S/C43H71NO/c1-31-23-26-38-37(29-31)39-40(43(5,6)34-25-24-33(30-34)19-10-7-8-15-28-45-42(2,3)4)35-21-13-14-22-36(35)41(39)44(38)27-16-20-32-17-11-9-12-18-32/h9,11-12,17-18,31,33-41H,7-8,10,13-16,19-30H2,1-6H3. The second-order valence-corrected chi connectivity index (χ2v) is 18.5. The first-order valence-electron chi connectivity index (χ1n) is 20.1. The zero-order valence-corrected chi connectivity index (χ0v) is 30.5. The monoisotopic (exact) mass is 618 g/mol. The smallest absolute Gasteiger partial charge is 0.0598 e. The van der Waals surface area contributed by atoms with E-state index in [0.717, 1.165) is 66.0 Å². The van der Waals surface area contributed by atoms with Gasteiger partial charge in [0, 0.05) is 18.7 Å². The molecular weight excluding hydrogens is 546 g/mol. The molecule has 4 saturated carbocycles. The fraction of sp³-hybridized carbons (Fsp3) is 0.860. The van der Waals surface area contributed by atoms with Crippen molar-refractivity contribution in [2.75, 3.05) is 13.2 Å². The van der Waals surface area contributed by atoms with Gasteiger partial charge in [0.05, 0.1) is 5.60 Å². The van der Waals surface area contributed by atoms with E-state index < -0.39 is 0 Å². The first-order chi connectivity index (χ1) is 21.6. The zero-order valence-electron chi connectivity index (χ0n) is 30.5. The normalized spacial score (nSPS) is 37.0. The van der Waals surface area contributed by atoms with Crippen LogP contribution in [0.5, 0.6) is 0 Å². The van der Waals surface area contributed by atoms with Gasteiger partial charge in [-0.05, 0) is 150 Å². The third-order valence-corrected chi connectivity index (χ3v) is 14.2. The largest absolute Gasteiger partial charge is 0.376 e. The number of ether oxygens (including phenoxy) is 1.